The highest BCUT2D eigenvalue weighted by molar-refractivity contribution is 7.71. The maximum absolute atomic E-state index is 12.8. The molecule has 1 rings (SSSR count). The van der Waals surface area contributed by atoms with Crippen LogP contribution in [0.1, 0.15) is 0 Å². The molecule has 0 aliphatic carbocycles. The van der Waals surface area contributed by atoms with Crippen LogP contribution in [-0.4, -0.2) is 12.0 Å². The Balaban J connectivity index is 3.28. The van der Waals surface area contributed by atoms with Crippen LogP contribution in [0.2, 0.25) is 0 Å². The van der Waals surface area contributed by atoms with Gasteiger partial charge in [0.05, 0.1) is 4.51 Å². The second-order valence-electron chi connectivity index (χ2n) is 1.78. The van der Waals surface area contributed by atoms with E-state index in [1.807, 2.05) is 0 Å². The van der Waals surface area contributed by atoms with Gasteiger partial charge in [0, 0.05) is 13.2 Å². The Bertz CT molecular complexity index is 281. The van der Waals surface area contributed by atoms with Gasteiger partial charge in [-0.3, -0.25) is 0 Å². The summed E-state index contributed by atoms with van der Waals surface area (Å²) in [5, 5.41) is 2.64. The Morgan fingerprint density at radius 1 is 1.70 bits per heavy atom. The third-order valence-corrected chi connectivity index (χ3v) is 1.46. The van der Waals surface area contributed by atoms with E-state index in [4.69, 9.17) is 0 Å². The van der Waals surface area contributed by atoms with Gasteiger partial charge < -0.3 is 10.3 Å². The summed E-state index contributed by atoms with van der Waals surface area (Å²) >= 11 is 4.67. The molecule has 0 radical (unpaired) electrons. The predicted molar refractivity (Wildman–Crippen MR) is 41.1 cm³/mol. The van der Waals surface area contributed by atoms with Gasteiger partial charge in [-0.1, -0.05) is 12.2 Å². The summed E-state index contributed by atoms with van der Waals surface area (Å²) < 4.78 is 13.0. The van der Waals surface area contributed by atoms with E-state index in [1.54, 1.807) is 13.2 Å². The first kappa shape index (κ1) is 7.21. The van der Waals surface area contributed by atoms with Crippen molar-refractivity contribution in [2.24, 2.45) is 0 Å². The van der Waals surface area contributed by atoms with Crippen LogP contribution >= 0.6 is 12.2 Å². The van der Waals surface area contributed by atoms with Gasteiger partial charge in [0.2, 0.25) is 0 Å². The average Bonchev–Trinajstić information content (AvgIpc) is 1.95. The summed E-state index contributed by atoms with van der Waals surface area (Å²) in [4.78, 5) is 2.67. The van der Waals surface area contributed by atoms with Gasteiger partial charge in [0.1, 0.15) is 5.82 Å². The second-order valence-corrected chi connectivity index (χ2v) is 2.22. The highest BCUT2D eigenvalue weighted by Gasteiger charge is 1.98. The Labute approximate surface area is 63.1 Å². The van der Waals surface area contributed by atoms with E-state index in [0.717, 1.165) is 0 Å². The summed E-state index contributed by atoms with van der Waals surface area (Å²) in [5.41, 5.74) is 0. The lowest BCUT2D eigenvalue weighted by molar-refractivity contribution is 0.622. The van der Waals surface area contributed by atoms with E-state index in [1.165, 1.54) is 6.07 Å². The highest BCUT2D eigenvalue weighted by Crippen LogP contribution is 2.08. The van der Waals surface area contributed by atoms with Gasteiger partial charge in [-0.15, -0.1) is 0 Å². The molecular weight excluding hydrogens is 151 g/mol. The number of halogens is 1. The minimum Gasteiger partial charge on any atom is -0.372 e. The molecule has 0 aliphatic heterocycles. The SMILES string of the molecule is CNc1[nH]ccc(=S)c1F. The van der Waals surface area contributed by atoms with Crippen LogP contribution in [0.25, 0.3) is 0 Å². The predicted octanol–water partition coefficient (Wildman–Crippen LogP) is 1.92. The topological polar surface area (TPSA) is 27.8 Å². The average molecular weight is 158 g/mol. The van der Waals surface area contributed by atoms with E-state index in [-0.39, 0.29) is 4.51 Å². The molecule has 54 valence electrons. The van der Waals surface area contributed by atoms with Crippen molar-refractivity contribution in [2.75, 3.05) is 12.4 Å². The first-order valence-corrected chi connectivity index (χ1v) is 3.21. The summed E-state index contributed by atoms with van der Waals surface area (Å²) in [6, 6.07) is 1.51. The van der Waals surface area contributed by atoms with Crippen LogP contribution in [0.3, 0.4) is 0 Å². The number of nitrogens with one attached hydrogen (secondary N) is 2. The third kappa shape index (κ3) is 1.16. The van der Waals surface area contributed by atoms with Crippen LogP contribution in [0.5, 0.6) is 0 Å². The fourth-order valence-corrected chi connectivity index (χ4v) is 0.812. The van der Waals surface area contributed by atoms with Gasteiger partial charge in [-0.25, -0.2) is 4.39 Å². The normalized spacial score (nSPS) is 9.40. The fourth-order valence-electron chi connectivity index (χ4n) is 0.642. The molecule has 2 N–H and O–H groups in total. The minimum absolute atomic E-state index is 0.225. The molecule has 1 heterocycles. The van der Waals surface area contributed by atoms with E-state index < -0.39 is 5.82 Å². The molecular formula is C6H7FN2S. The second kappa shape index (κ2) is 2.79. The number of hydrogen-bond acceptors (Lipinski definition) is 2. The minimum atomic E-state index is -0.403. The van der Waals surface area contributed by atoms with Crippen molar-refractivity contribution < 1.29 is 4.39 Å². The largest absolute Gasteiger partial charge is 0.372 e. The summed E-state index contributed by atoms with van der Waals surface area (Å²) in [5.74, 6) is -0.0764. The molecule has 0 fully saturated rings. The molecule has 0 unspecified atom stereocenters. The standard InChI is InChI=1S/C6H7FN2S/c1-8-6-5(7)4(10)2-3-9-6/h2-3H,1H3,(H2,8,9,10). The van der Waals surface area contributed by atoms with Crippen molar-refractivity contribution in [1.29, 1.82) is 0 Å². The van der Waals surface area contributed by atoms with Crippen LogP contribution < -0.4 is 5.32 Å². The van der Waals surface area contributed by atoms with Gasteiger partial charge in [0.15, 0.2) is 5.82 Å². The van der Waals surface area contributed by atoms with E-state index in [0.29, 0.717) is 5.82 Å². The lowest BCUT2D eigenvalue weighted by Gasteiger charge is -1.99. The van der Waals surface area contributed by atoms with Crippen LogP contribution in [-0.2, 0) is 0 Å². The van der Waals surface area contributed by atoms with E-state index in [2.05, 4.69) is 22.5 Å². The van der Waals surface area contributed by atoms with Crippen molar-refractivity contribution >= 4 is 18.0 Å². The van der Waals surface area contributed by atoms with Gasteiger partial charge >= 0.3 is 0 Å². The zero-order chi connectivity index (χ0) is 7.56. The number of pyridine rings is 1. The number of anilines is 1. The van der Waals surface area contributed by atoms with Gasteiger partial charge in [-0.2, -0.15) is 0 Å². The molecule has 1 aromatic heterocycles. The first-order chi connectivity index (χ1) is 4.75. The monoisotopic (exact) mass is 158 g/mol. The number of rotatable bonds is 1. The Hall–Kier alpha value is -0.900. The quantitative estimate of drug-likeness (QED) is 0.611. The first-order valence-electron chi connectivity index (χ1n) is 2.80. The molecule has 2 nitrogen and oxygen atoms in total. The molecule has 1 aromatic rings. The lowest BCUT2D eigenvalue weighted by atomic mass is 10.4. The van der Waals surface area contributed by atoms with Gasteiger partial charge in [-0.05, 0) is 6.07 Å². The lowest BCUT2D eigenvalue weighted by Crippen LogP contribution is -1.95. The molecule has 0 aliphatic rings. The molecule has 0 amide bonds. The molecule has 0 atom stereocenters. The third-order valence-electron chi connectivity index (χ3n) is 1.15. The van der Waals surface area contributed by atoms with Crippen molar-refractivity contribution in [3.05, 3.63) is 22.6 Å². The molecule has 0 bridgehead atoms. The summed E-state index contributed by atoms with van der Waals surface area (Å²) in [6.07, 6.45) is 1.59. The molecule has 0 spiro atoms. The molecule has 10 heavy (non-hydrogen) atoms. The Morgan fingerprint density at radius 3 is 2.90 bits per heavy atom. The number of H-pyrrole nitrogens is 1. The van der Waals surface area contributed by atoms with Crippen molar-refractivity contribution in [3.8, 4) is 0 Å². The Kier molecular flexibility index (Phi) is 2.01. The van der Waals surface area contributed by atoms with Crippen LogP contribution in [0.15, 0.2) is 12.3 Å². The maximum Gasteiger partial charge on any atom is 0.181 e. The van der Waals surface area contributed by atoms with E-state index >= 15 is 0 Å². The van der Waals surface area contributed by atoms with E-state index in [9.17, 15) is 4.39 Å². The molecule has 0 aromatic carbocycles. The highest BCUT2D eigenvalue weighted by atomic mass is 32.1. The summed E-state index contributed by atoms with van der Waals surface area (Å²) in [6.45, 7) is 0. The van der Waals surface area contributed by atoms with Crippen LogP contribution in [0, 0.1) is 10.3 Å². The maximum atomic E-state index is 12.8. The Morgan fingerprint density at radius 2 is 2.40 bits per heavy atom. The zero-order valence-corrected chi connectivity index (χ0v) is 6.26. The number of aromatic nitrogens is 1. The van der Waals surface area contributed by atoms with Crippen molar-refractivity contribution in [2.45, 2.75) is 0 Å². The zero-order valence-electron chi connectivity index (χ0n) is 5.44. The number of hydrogen-bond donors (Lipinski definition) is 2. The van der Waals surface area contributed by atoms with Crippen LogP contribution in [0.4, 0.5) is 10.2 Å². The van der Waals surface area contributed by atoms with Crippen molar-refractivity contribution in [3.63, 3.8) is 0 Å². The molecule has 4 heteroatoms. The van der Waals surface area contributed by atoms with Gasteiger partial charge in [0.25, 0.3) is 0 Å². The number of aromatic amines is 1. The van der Waals surface area contributed by atoms with Crippen molar-refractivity contribution in [1.82, 2.24) is 4.98 Å². The smallest absolute Gasteiger partial charge is 0.181 e. The fraction of sp³-hybridized carbons (Fsp3) is 0.167. The molecule has 0 saturated heterocycles. The molecule has 0 saturated carbocycles. The summed E-state index contributed by atoms with van der Waals surface area (Å²) in [7, 11) is 1.63.